The molecule has 0 radical (unpaired) electrons. The molecule has 1 aromatic carbocycles. The average Bonchev–Trinajstić information content (AvgIpc) is 2.88. The first-order chi connectivity index (χ1) is 9.48. The summed E-state index contributed by atoms with van der Waals surface area (Å²) in [4.78, 5) is 12.4. The van der Waals surface area contributed by atoms with E-state index in [9.17, 15) is 13.6 Å². The third-order valence-electron chi connectivity index (χ3n) is 4.06. The Morgan fingerprint density at radius 1 is 1.48 bits per heavy atom. The Balaban J connectivity index is 0.00000220. The van der Waals surface area contributed by atoms with E-state index in [4.69, 9.17) is 0 Å². The molecule has 0 aromatic heterocycles. The number of nitrogens with one attached hydrogen (secondary N) is 2. The largest absolute Gasteiger partial charge is 0.348 e. The van der Waals surface area contributed by atoms with Crippen molar-refractivity contribution in [3.05, 3.63) is 35.4 Å². The van der Waals surface area contributed by atoms with Crippen molar-refractivity contribution in [3.63, 3.8) is 0 Å². The van der Waals surface area contributed by atoms with E-state index in [2.05, 4.69) is 10.6 Å². The first kappa shape index (κ1) is 17.9. The summed E-state index contributed by atoms with van der Waals surface area (Å²) in [5.74, 6) is -1.37. The van der Waals surface area contributed by atoms with Gasteiger partial charge in [0.25, 0.3) is 0 Å². The zero-order valence-electron chi connectivity index (χ0n) is 12.2. The maximum atomic E-state index is 13.7. The van der Waals surface area contributed by atoms with Crippen molar-refractivity contribution in [1.82, 2.24) is 10.6 Å². The van der Waals surface area contributed by atoms with Crippen LogP contribution in [-0.4, -0.2) is 18.0 Å². The van der Waals surface area contributed by atoms with Crippen molar-refractivity contribution >= 4 is 18.3 Å². The molecule has 1 heterocycles. The Hall–Kier alpha value is -1.20. The van der Waals surface area contributed by atoms with Crippen LogP contribution < -0.4 is 10.6 Å². The van der Waals surface area contributed by atoms with E-state index in [0.717, 1.165) is 25.5 Å². The molecule has 21 heavy (non-hydrogen) atoms. The summed E-state index contributed by atoms with van der Waals surface area (Å²) in [7, 11) is 0. The monoisotopic (exact) mass is 318 g/mol. The van der Waals surface area contributed by atoms with E-state index in [0.29, 0.717) is 12.0 Å². The smallest absolute Gasteiger partial charge is 0.240 e. The number of carbonyl (C=O) groups excluding carboxylic acids is 1. The van der Waals surface area contributed by atoms with Crippen LogP contribution in [0, 0.1) is 11.6 Å². The summed E-state index contributed by atoms with van der Waals surface area (Å²) >= 11 is 0. The standard InChI is InChI=1S/C15H20F2N2O.ClH/c1-3-15(7-4-8-18-15)14(20)19-10(2)12-6-5-11(16)9-13(12)17;/h5-6,9-10,18H,3-4,7-8H2,1-2H3,(H,19,20);1H. The summed E-state index contributed by atoms with van der Waals surface area (Å²) in [5.41, 5.74) is -0.255. The summed E-state index contributed by atoms with van der Waals surface area (Å²) in [5, 5.41) is 6.06. The second-order valence-corrected chi connectivity index (χ2v) is 5.33. The topological polar surface area (TPSA) is 41.1 Å². The van der Waals surface area contributed by atoms with Crippen LogP contribution in [0.2, 0.25) is 0 Å². The Labute approximate surface area is 129 Å². The molecule has 6 heteroatoms. The molecule has 2 unspecified atom stereocenters. The first-order valence-corrected chi connectivity index (χ1v) is 6.99. The number of hydrogen-bond donors (Lipinski definition) is 2. The van der Waals surface area contributed by atoms with Crippen LogP contribution >= 0.6 is 12.4 Å². The van der Waals surface area contributed by atoms with Crippen LogP contribution in [0.3, 0.4) is 0 Å². The maximum Gasteiger partial charge on any atom is 0.240 e. The van der Waals surface area contributed by atoms with Gasteiger partial charge in [0.15, 0.2) is 0 Å². The highest BCUT2D eigenvalue weighted by molar-refractivity contribution is 5.87. The molecule has 1 fully saturated rings. The second kappa shape index (κ2) is 7.18. The van der Waals surface area contributed by atoms with Gasteiger partial charge in [-0.3, -0.25) is 4.79 Å². The van der Waals surface area contributed by atoms with Gasteiger partial charge in [-0.1, -0.05) is 13.0 Å². The van der Waals surface area contributed by atoms with Gasteiger partial charge in [0.2, 0.25) is 5.91 Å². The summed E-state index contributed by atoms with van der Waals surface area (Å²) < 4.78 is 26.6. The number of carbonyl (C=O) groups is 1. The van der Waals surface area contributed by atoms with Gasteiger partial charge >= 0.3 is 0 Å². The minimum Gasteiger partial charge on any atom is -0.348 e. The lowest BCUT2D eigenvalue weighted by Gasteiger charge is -2.29. The van der Waals surface area contributed by atoms with Gasteiger partial charge in [0, 0.05) is 11.6 Å². The van der Waals surface area contributed by atoms with E-state index >= 15 is 0 Å². The average molecular weight is 319 g/mol. The van der Waals surface area contributed by atoms with E-state index < -0.39 is 23.2 Å². The second-order valence-electron chi connectivity index (χ2n) is 5.33. The molecule has 3 nitrogen and oxygen atoms in total. The molecule has 1 aliphatic heterocycles. The van der Waals surface area contributed by atoms with E-state index in [1.807, 2.05) is 6.92 Å². The van der Waals surface area contributed by atoms with Crippen LogP contribution in [0.15, 0.2) is 18.2 Å². The normalized spacial score (nSPS) is 22.5. The molecule has 1 saturated heterocycles. The molecule has 118 valence electrons. The van der Waals surface area contributed by atoms with Gasteiger partial charge in [-0.15, -0.1) is 12.4 Å². The molecule has 0 spiro atoms. The molecule has 0 saturated carbocycles. The lowest BCUT2D eigenvalue weighted by atomic mass is 9.92. The minimum absolute atomic E-state index is 0. The molecule has 2 N–H and O–H groups in total. The lowest BCUT2D eigenvalue weighted by Crippen LogP contribution is -2.53. The Bertz CT molecular complexity index is 504. The van der Waals surface area contributed by atoms with Crippen molar-refractivity contribution in [3.8, 4) is 0 Å². The van der Waals surface area contributed by atoms with E-state index in [1.165, 1.54) is 12.1 Å². The summed E-state index contributed by atoms with van der Waals surface area (Å²) in [6.07, 6.45) is 2.44. The predicted molar refractivity (Wildman–Crippen MR) is 80.4 cm³/mol. The van der Waals surface area contributed by atoms with Gasteiger partial charge in [-0.2, -0.15) is 0 Å². The van der Waals surface area contributed by atoms with Crippen molar-refractivity contribution < 1.29 is 13.6 Å². The third-order valence-corrected chi connectivity index (χ3v) is 4.06. The predicted octanol–water partition coefficient (Wildman–Crippen LogP) is 3.10. The zero-order valence-corrected chi connectivity index (χ0v) is 13.0. The molecule has 1 amide bonds. The quantitative estimate of drug-likeness (QED) is 0.895. The van der Waals surface area contributed by atoms with Crippen LogP contribution in [-0.2, 0) is 4.79 Å². The maximum absolute atomic E-state index is 13.7. The summed E-state index contributed by atoms with van der Waals surface area (Å²) in [6, 6.07) is 2.91. The van der Waals surface area contributed by atoms with E-state index in [-0.39, 0.29) is 18.3 Å². The number of benzene rings is 1. The van der Waals surface area contributed by atoms with Crippen molar-refractivity contribution in [2.45, 2.75) is 44.7 Å². The Morgan fingerprint density at radius 3 is 2.71 bits per heavy atom. The van der Waals surface area contributed by atoms with Gasteiger partial charge in [0.05, 0.1) is 11.6 Å². The number of hydrogen-bond acceptors (Lipinski definition) is 2. The minimum atomic E-state index is -0.636. The zero-order chi connectivity index (χ0) is 14.8. The number of rotatable bonds is 4. The van der Waals surface area contributed by atoms with Crippen LogP contribution in [0.5, 0.6) is 0 Å². The fourth-order valence-electron chi connectivity index (χ4n) is 2.73. The van der Waals surface area contributed by atoms with Gasteiger partial charge in [-0.05, 0) is 38.8 Å². The number of halogens is 3. The molecule has 0 bridgehead atoms. The van der Waals surface area contributed by atoms with Crippen molar-refractivity contribution in [2.24, 2.45) is 0 Å². The SMILES string of the molecule is CCC1(C(=O)NC(C)c2ccc(F)cc2F)CCCN1.Cl. The molecule has 2 rings (SSSR count). The van der Waals surface area contributed by atoms with Crippen molar-refractivity contribution in [1.29, 1.82) is 0 Å². The molecule has 1 aromatic rings. The third kappa shape index (κ3) is 3.71. The Morgan fingerprint density at radius 2 is 2.19 bits per heavy atom. The first-order valence-electron chi connectivity index (χ1n) is 6.99. The highest BCUT2D eigenvalue weighted by Crippen LogP contribution is 2.25. The fourth-order valence-corrected chi connectivity index (χ4v) is 2.73. The van der Waals surface area contributed by atoms with Gasteiger partial charge in [-0.25, -0.2) is 8.78 Å². The number of amides is 1. The Kier molecular flexibility index (Phi) is 6.10. The molecule has 2 atom stereocenters. The van der Waals surface area contributed by atoms with Crippen LogP contribution in [0.4, 0.5) is 8.78 Å². The van der Waals surface area contributed by atoms with Crippen LogP contribution in [0.1, 0.15) is 44.7 Å². The van der Waals surface area contributed by atoms with E-state index in [1.54, 1.807) is 6.92 Å². The highest BCUT2D eigenvalue weighted by atomic mass is 35.5. The molecule has 0 aliphatic carbocycles. The molecule has 1 aliphatic rings. The van der Waals surface area contributed by atoms with Crippen LogP contribution in [0.25, 0.3) is 0 Å². The van der Waals surface area contributed by atoms with Gasteiger partial charge in [0.1, 0.15) is 11.6 Å². The lowest BCUT2D eigenvalue weighted by molar-refractivity contribution is -0.128. The molecular weight excluding hydrogens is 298 g/mol. The molecular formula is C15H21ClF2N2O. The highest BCUT2D eigenvalue weighted by Gasteiger charge is 2.39. The van der Waals surface area contributed by atoms with Gasteiger partial charge < -0.3 is 10.6 Å². The fraction of sp³-hybridized carbons (Fsp3) is 0.533. The summed E-state index contributed by atoms with van der Waals surface area (Å²) in [6.45, 7) is 4.48. The van der Waals surface area contributed by atoms with Crippen molar-refractivity contribution in [2.75, 3.05) is 6.54 Å².